The largest absolute Gasteiger partial charge is 0.342 e. The van der Waals surface area contributed by atoms with Gasteiger partial charge in [-0.2, -0.15) is 0 Å². The van der Waals surface area contributed by atoms with E-state index >= 15 is 0 Å². The lowest BCUT2D eigenvalue weighted by atomic mass is 9.95. The number of amides is 2. The predicted molar refractivity (Wildman–Crippen MR) is 92.0 cm³/mol. The molecule has 0 aliphatic carbocycles. The van der Waals surface area contributed by atoms with E-state index in [0.717, 1.165) is 5.56 Å². The zero-order chi connectivity index (χ0) is 16.8. The molecule has 1 fully saturated rings. The van der Waals surface area contributed by atoms with Crippen molar-refractivity contribution in [2.45, 2.75) is 26.3 Å². The van der Waals surface area contributed by atoms with Gasteiger partial charge in [0.1, 0.15) is 0 Å². The van der Waals surface area contributed by atoms with Crippen molar-refractivity contribution in [3.63, 3.8) is 0 Å². The van der Waals surface area contributed by atoms with Crippen LogP contribution in [0, 0.1) is 5.92 Å². The Labute approximate surface area is 142 Å². The summed E-state index contributed by atoms with van der Waals surface area (Å²) >= 11 is 6.21. The van der Waals surface area contributed by atoms with Crippen molar-refractivity contribution in [3.8, 4) is 0 Å². The minimum atomic E-state index is -0.143. The van der Waals surface area contributed by atoms with Gasteiger partial charge in [-0.25, -0.2) is 0 Å². The molecular weight excluding hydrogens is 312 g/mol. The van der Waals surface area contributed by atoms with Gasteiger partial charge in [-0.05, 0) is 25.0 Å². The molecule has 1 heterocycles. The molecule has 1 atom stereocenters. The Morgan fingerprint density at radius 3 is 2.87 bits per heavy atom. The molecule has 1 saturated heterocycles. The molecular formula is C18H23ClN2O2. The highest BCUT2D eigenvalue weighted by Crippen LogP contribution is 2.22. The SMILES string of the molecule is C=CCN(Cc1ccccc1Cl)C(=O)[C@H]1CCC(=O)N(CC)C1. The van der Waals surface area contributed by atoms with Crippen molar-refractivity contribution >= 4 is 23.4 Å². The molecule has 23 heavy (non-hydrogen) atoms. The van der Waals surface area contributed by atoms with Crippen molar-refractivity contribution in [2.75, 3.05) is 19.6 Å². The molecule has 0 unspecified atom stereocenters. The topological polar surface area (TPSA) is 40.6 Å². The van der Waals surface area contributed by atoms with Crippen LogP contribution >= 0.6 is 11.6 Å². The van der Waals surface area contributed by atoms with Crippen LogP contribution in [0.4, 0.5) is 0 Å². The molecule has 2 rings (SSSR count). The van der Waals surface area contributed by atoms with E-state index in [-0.39, 0.29) is 17.7 Å². The molecule has 4 nitrogen and oxygen atoms in total. The smallest absolute Gasteiger partial charge is 0.228 e. The molecule has 2 amide bonds. The third kappa shape index (κ3) is 4.35. The van der Waals surface area contributed by atoms with Crippen molar-refractivity contribution in [2.24, 2.45) is 5.92 Å². The molecule has 0 bridgehead atoms. The molecule has 0 radical (unpaired) electrons. The monoisotopic (exact) mass is 334 g/mol. The summed E-state index contributed by atoms with van der Waals surface area (Å²) in [5.74, 6) is 0.0591. The maximum absolute atomic E-state index is 12.9. The number of carbonyl (C=O) groups excluding carboxylic acids is 2. The van der Waals surface area contributed by atoms with Gasteiger partial charge in [-0.15, -0.1) is 6.58 Å². The fourth-order valence-corrected chi connectivity index (χ4v) is 3.10. The number of rotatable bonds is 6. The second-order valence-electron chi connectivity index (χ2n) is 5.77. The average Bonchev–Trinajstić information content (AvgIpc) is 2.56. The Morgan fingerprint density at radius 1 is 1.48 bits per heavy atom. The summed E-state index contributed by atoms with van der Waals surface area (Å²) in [4.78, 5) is 28.2. The molecule has 1 aromatic rings. The van der Waals surface area contributed by atoms with Crippen LogP contribution in [0.2, 0.25) is 5.02 Å². The second kappa shape index (κ2) is 8.16. The number of piperidine rings is 1. The molecule has 5 heteroatoms. The lowest BCUT2D eigenvalue weighted by Gasteiger charge is -2.34. The number of hydrogen-bond donors (Lipinski definition) is 0. The standard InChI is InChI=1S/C18H23ClN2O2/c1-3-11-21(12-14-7-5-6-8-16(14)19)18(23)15-9-10-17(22)20(4-2)13-15/h3,5-8,15H,1,4,9-13H2,2H3/t15-/m0/s1. The van der Waals surface area contributed by atoms with E-state index in [2.05, 4.69) is 6.58 Å². The quantitative estimate of drug-likeness (QED) is 0.750. The summed E-state index contributed by atoms with van der Waals surface area (Å²) in [6.45, 7) is 7.77. The highest BCUT2D eigenvalue weighted by atomic mass is 35.5. The van der Waals surface area contributed by atoms with E-state index in [1.165, 1.54) is 0 Å². The average molecular weight is 335 g/mol. The van der Waals surface area contributed by atoms with E-state index in [1.54, 1.807) is 15.9 Å². The molecule has 1 aromatic carbocycles. The maximum atomic E-state index is 12.9. The molecule has 0 aromatic heterocycles. The van der Waals surface area contributed by atoms with Crippen LogP contribution in [0.15, 0.2) is 36.9 Å². The van der Waals surface area contributed by atoms with E-state index in [0.29, 0.717) is 44.0 Å². The predicted octanol–water partition coefficient (Wildman–Crippen LogP) is 3.11. The number of carbonyl (C=O) groups is 2. The fraction of sp³-hybridized carbons (Fsp3) is 0.444. The highest BCUT2D eigenvalue weighted by molar-refractivity contribution is 6.31. The Kier molecular flexibility index (Phi) is 6.22. The molecule has 124 valence electrons. The van der Waals surface area contributed by atoms with Crippen molar-refractivity contribution in [1.82, 2.24) is 9.80 Å². The number of likely N-dealkylation sites (tertiary alicyclic amines) is 1. The first kappa shape index (κ1) is 17.5. The molecule has 1 aliphatic rings. The lowest BCUT2D eigenvalue weighted by molar-refractivity contribution is -0.143. The highest BCUT2D eigenvalue weighted by Gasteiger charge is 2.31. The van der Waals surface area contributed by atoms with Gasteiger partial charge < -0.3 is 9.80 Å². The Bertz CT molecular complexity index is 588. The molecule has 1 aliphatic heterocycles. The van der Waals surface area contributed by atoms with E-state index in [9.17, 15) is 9.59 Å². The summed E-state index contributed by atoms with van der Waals surface area (Å²) in [5, 5.41) is 0.656. The number of nitrogens with zero attached hydrogens (tertiary/aromatic N) is 2. The van der Waals surface area contributed by atoms with Gasteiger partial charge in [0.05, 0.1) is 5.92 Å². The van der Waals surface area contributed by atoms with Crippen molar-refractivity contribution in [1.29, 1.82) is 0 Å². The Hall–Kier alpha value is -1.81. The van der Waals surface area contributed by atoms with Crippen LogP contribution in [0.1, 0.15) is 25.3 Å². The lowest BCUT2D eigenvalue weighted by Crippen LogP contribution is -2.46. The van der Waals surface area contributed by atoms with Crippen LogP contribution in [-0.2, 0) is 16.1 Å². The van der Waals surface area contributed by atoms with Gasteiger partial charge in [0, 0.05) is 37.6 Å². The Balaban J connectivity index is 2.10. The maximum Gasteiger partial charge on any atom is 0.228 e. The van der Waals surface area contributed by atoms with Gasteiger partial charge in [-0.3, -0.25) is 9.59 Å². The van der Waals surface area contributed by atoms with E-state index in [4.69, 9.17) is 11.6 Å². The van der Waals surface area contributed by atoms with Crippen LogP contribution in [-0.4, -0.2) is 41.2 Å². The van der Waals surface area contributed by atoms with E-state index < -0.39 is 0 Å². The summed E-state index contributed by atoms with van der Waals surface area (Å²) in [7, 11) is 0. The third-order valence-corrected chi connectivity index (χ3v) is 4.58. The van der Waals surface area contributed by atoms with Crippen LogP contribution < -0.4 is 0 Å². The summed E-state index contributed by atoms with van der Waals surface area (Å²) in [6.07, 6.45) is 2.78. The summed E-state index contributed by atoms with van der Waals surface area (Å²) in [6, 6.07) is 7.53. The Morgan fingerprint density at radius 2 is 2.22 bits per heavy atom. The number of benzene rings is 1. The zero-order valence-electron chi connectivity index (χ0n) is 13.5. The van der Waals surface area contributed by atoms with Crippen LogP contribution in [0.25, 0.3) is 0 Å². The first-order chi connectivity index (χ1) is 11.1. The summed E-state index contributed by atoms with van der Waals surface area (Å²) < 4.78 is 0. The fourth-order valence-electron chi connectivity index (χ4n) is 2.90. The zero-order valence-corrected chi connectivity index (χ0v) is 14.3. The van der Waals surface area contributed by atoms with Crippen molar-refractivity contribution < 1.29 is 9.59 Å². The van der Waals surface area contributed by atoms with E-state index in [1.807, 2.05) is 31.2 Å². The number of halogens is 1. The third-order valence-electron chi connectivity index (χ3n) is 4.21. The van der Waals surface area contributed by atoms with Gasteiger partial charge in [-0.1, -0.05) is 35.9 Å². The second-order valence-corrected chi connectivity index (χ2v) is 6.17. The summed E-state index contributed by atoms with van der Waals surface area (Å²) in [5.41, 5.74) is 0.920. The van der Waals surface area contributed by atoms with Crippen LogP contribution in [0.3, 0.4) is 0 Å². The van der Waals surface area contributed by atoms with Gasteiger partial charge in [0.2, 0.25) is 11.8 Å². The molecule has 0 N–H and O–H groups in total. The van der Waals surface area contributed by atoms with Gasteiger partial charge in [0.25, 0.3) is 0 Å². The van der Waals surface area contributed by atoms with Gasteiger partial charge >= 0.3 is 0 Å². The molecule has 0 spiro atoms. The first-order valence-electron chi connectivity index (χ1n) is 7.97. The van der Waals surface area contributed by atoms with Crippen LogP contribution in [0.5, 0.6) is 0 Å². The molecule has 0 saturated carbocycles. The van der Waals surface area contributed by atoms with Gasteiger partial charge in [0.15, 0.2) is 0 Å². The number of hydrogen-bond acceptors (Lipinski definition) is 2. The van der Waals surface area contributed by atoms with Crippen molar-refractivity contribution in [3.05, 3.63) is 47.5 Å². The minimum absolute atomic E-state index is 0.0655. The normalized spacial score (nSPS) is 17.9. The first-order valence-corrected chi connectivity index (χ1v) is 8.35. The minimum Gasteiger partial charge on any atom is -0.342 e.